The molecule has 0 aliphatic heterocycles. The lowest BCUT2D eigenvalue weighted by atomic mass is 10.4. The number of carbonyl (C=O) groups is 1. The van der Waals surface area contributed by atoms with Crippen LogP contribution in [0.15, 0.2) is 24.3 Å². The lowest BCUT2D eigenvalue weighted by molar-refractivity contribution is -0.116. The molecule has 1 unspecified atom stereocenters. The van der Waals surface area contributed by atoms with Crippen LogP contribution in [0.4, 0.5) is 0 Å². The van der Waals surface area contributed by atoms with Gasteiger partial charge in [-0.3, -0.25) is 4.79 Å². The van der Waals surface area contributed by atoms with Gasteiger partial charge in [0.15, 0.2) is 0 Å². The number of hydrogen-bond donors (Lipinski definition) is 2. The number of amides is 1. The van der Waals surface area contributed by atoms with Crippen molar-refractivity contribution in [2.75, 3.05) is 6.54 Å². The summed E-state index contributed by atoms with van der Waals surface area (Å²) in [6.07, 6.45) is 6.17. The van der Waals surface area contributed by atoms with Crippen molar-refractivity contribution in [3.05, 3.63) is 24.3 Å². The van der Waals surface area contributed by atoms with Crippen LogP contribution in [-0.2, 0) is 4.79 Å². The monoisotopic (exact) mass is 169 g/mol. The molecule has 0 heterocycles. The Hall–Kier alpha value is -1.09. The van der Waals surface area contributed by atoms with Gasteiger partial charge in [0, 0.05) is 12.6 Å². The zero-order valence-corrected chi connectivity index (χ0v) is 7.45. The molecule has 2 N–H and O–H groups in total. The maximum atomic E-state index is 10.9. The fourth-order valence-corrected chi connectivity index (χ4v) is 0.561. The molecule has 0 rings (SSSR count). The Labute approximate surface area is 72.8 Å². The van der Waals surface area contributed by atoms with Gasteiger partial charge in [0.2, 0.25) is 5.91 Å². The van der Waals surface area contributed by atoms with Crippen LogP contribution >= 0.6 is 0 Å². The van der Waals surface area contributed by atoms with Gasteiger partial charge in [-0.05, 0) is 13.8 Å². The normalized spacial score (nSPS) is 13.9. The first-order valence-electron chi connectivity index (χ1n) is 3.92. The molecule has 3 heteroatoms. The van der Waals surface area contributed by atoms with Crippen molar-refractivity contribution in [3.63, 3.8) is 0 Å². The molecular weight excluding hydrogens is 154 g/mol. The van der Waals surface area contributed by atoms with Crippen molar-refractivity contribution >= 4 is 5.91 Å². The fourth-order valence-electron chi connectivity index (χ4n) is 0.561. The second-order valence-corrected chi connectivity index (χ2v) is 2.48. The van der Waals surface area contributed by atoms with E-state index in [0.717, 1.165) is 0 Å². The molecule has 0 aliphatic carbocycles. The van der Waals surface area contributed by atoms with Gasteiger partial charge in [0.05, 0.1) is 6.10 Å². The van der Waals surface area contributed by atoms with Crippen LogP contribution in [0, 0.1) is 0 Å². The van der Waals surface area contributed by atoms with Crippen LogP contribution in [0.25, 0.3) is 0 Å². The predicted molar refractivity (Wildman–Crippen MR) is 48.6 cm³/mol. The molecule has 0 radical (unpaired) electrons. The van der Waals surface area contributed by atoms with E-state index in [9.17, 15) is 4.79 Å². The van der Waals surface area contributed by atoms with Gasteiger partial charge < -0.3 is 10.4 Å². The summed E-state index contributed by atoms with van der Waals surface area (Å²) >= 11 is 0. The van der Waals surface area contributed by atoms with E-state index < -0.39 is 6.10 Å². The molecule has 1 atom stereocenters. The molecule has 0 bridgehead atoms. The Morgan fingerprint density at radius 3 is 2.75 bits per heavy atom. The SMILES string of the molecule is C/C=C/C=C/C(=O)NCC(C)O. The number of nitrogens with one attached hydrogen (secondary N) is 1. The highest BCUT2D eigenvalue weighted by Crippen LogP contribution is 1.79. The van der Waals surface area contributed by atoms with Gasteiger partial charge in [0.1, 0.15) is 0 Å². The summed E-state index contributed by atoms with van der Waals surface area (Å²) in [4.78, 5) is 10.9. The van der Waals surface area contributed by atoms with Crippen LogP contribution in [0.2, 0.25) is 0 Å². The number of rotatable bonds is 4. The highest BCUT2D eigenvalue weighted by Gasteiger charge is 1.96. The molecule has 1 amide bonds. The predicted octanol–water partition coefficient (Wildman–Crippen LogP) is 0.616. The number of allylic oxidation sites excluding steroid dienone is 3. The minimum atomic E-state index is -0.496. The van der Waals surface area contributed by atoms with E-state index in [0.29, 0.717) is 6.54 Å². The van der Waals surface area contributed by atoms with Crippen LogP contribution < -0.4 is 5.32 Å². The molecule has 0 fully saturated rings. The number of carbonyl (C=O) groups excluding carboxylic acids is 1. The minimum absolute atomic E-state index is 0.186. The number of hydrogen-bond acceptors (Lipinski definition) is 2. The van der Waals surface area contributed by atoms with Crippen molar-refractivity contribution in [2.45, 2.75) is 20.0 Å². The van der Waals surface area contributed by atoms with Crippen LogP contribution in [0.3, 0.4) is 0 Å². The first kappa shape index (κ1) is 10.9. The third-order valence-electron chi connectivity index (χ3n) is 1.12. The molecule has 0 saturated heterocycles. The van der Waals surface area contributed by atoms with E-state index >= 15 is 0 Å². The number of aliphatic hydroxyl groups is 1. The summed E-state index contributed by atoms with van der Waals surface area (Å²) in [5, 5.41) is 11.4. The molecule has 0 saturated carbocycles. The summed E-state index contributed by atoms with van der Waals surface area (Å²) in [6.45, 7) is 3.78. The Bertz CT molecular complexity index is 183. The van der Waals surface area contributed by atoms with Crippen molar-refractivity contribution in [1.29, 1.82) is 0 Å². The molecular formula is C9H15NO2. The quantitative estimate of drug-likeness (QED) is 0.478. The maximum Gasteiger partial charge on any atom is 0.244 e. The van der Waals surface area contributed by atoms with Crippen molar-refractivity contribution in [2.24, 2.45) is 0 Å². The molecule has 0 aliphatic rings. The van der Waals surface area contributed by atoms with E-state index in [4.69, 9.17) is 5.11 Å². The van der Waals surface area contributed by atoms with Crippen molar-refractivity contribution < 1.29 is 9.90 Å². The highest BCUT2D eigenvalue weighted by molar-refractivity contribution is 5.87. The van der Waals surface area contributed by atoms with Crippen molar-refractivity contribution in [3.8, 4) is 0 Å². The van der Waals surface area contributed by atoms with Crippen LogP contribution in [-0.4, -0.2) is 23.7 Å². The summed E-state index contributed by atoms with van der Waals surface area (Å²) in [6, 6.07) is 0. The zero-order chi connectivity index (χ0) is 9.40. The highest BCUT2D eigenvalue weighted by atomic mass is 16.3. The molecule has 0 aromatic rings. The third-order valence-corrected chi connectivity index (χ3v) is 1.12. The van der Waals surface area contributed by atoms with E-state index in [1.807, 2.05) is 13.0 Å². The van der Waals surface area contributed by atoms with E-state index in [1.54, 1.807) is 19.1 Å². The van der Waals surface area contributed by atoms with Gasteiger partial charge in [-0.25, -0.2) is 0 Å². The van der Waals surface area contributed by atoms with Crippen LogP contribution in [0.1, 0.15) is 13.8 Å². The third kappa shape index (κ3) is 7.02. The second-order valence-electron chi connectivity index (χ2n) is 2.48. The molecule has 0 aromatic carbocycles. The van der Waals surface area contributed by atoms with Crippen molar-refractivity contribution in [1.82, 2.24) is 5.32 Å². The van der Waals surface area contributed by atoms with Gasteiger partial charge in [0.25, 0.3) is 0 Å². The summed E-state index contributed by atoms with van der Waals surface area (Å²) < 4.78 is 0. The lowest BCUT2D eigenvalue weighted by Gasteiger charge is -2.03. The maximum absolute atomic E-state index is 10.9. The topological polar surface area (TPSA) is 49.3 Å². The Balaban J connectivity index is 3.59. The molecule has 0 aromatic heterocycles. The largest absolute Gasteiger partial charge is 0.392 e. The smallest absolute Gasteiger partial charge is 0.244 e. The Kier molecular flexibility index (Phi) is 6.01. The first-order valence-corrected chi connectivity index (χ1v) is 3.92. The molecule has 12 heavy (non-hydrogen) atoms. The zero-order valence-electron chi connectivity index (χ0n) is 7.45. The Morgan fingerprint density at radius 1 is 1.58 bits per heavy atom. The number of aliphatic hydroxyl groups excluding tert-OH is 1. The fraction of sp³-hybridized carbons (Fsp3) is 0.444. The van der Waals surface area contributed by atoms with E-state index in [-0.39, 0.29) is 5.91 Å². The van der Waals surface area contributed by atoms with Gasteiger partial charge >= 0.3 is 0 Å². The van der Waals surface area contributed by atoms with Gasteiger partial charge in [-0.15, -0.1) is 0 Å². The molecule has 68 valence electrons. The second kappa shape index (κ2) is 6.61. The molecule has 3 nitrogen and oxygen atoms in total. The summed E-state index contributed by atoms with van der Waals surface area (Å²) in [5.74, 6) is -0.186. The Morgan fingerprint density at radius 2 is 2.25 bits per heavy atom. The van der Waals surface area contributed by atoms with E-state index in [1.165, 1.54) is 6.08 Å². The van der Waals surface area contributed by atoms with Gasteiger partial charge in [-0.2, -0.15) is 0 Å². The average Bonchev–Trinajstić information content (AvgIpc) is 2.01. The van der Waals surface area contributed by atoms with Gasteiger partial charge in [-0.1, -0.05) is 18.2 Å². The lowest BCUT2D eigenvalue weighted by Crippen LogP contribution is -2.28. The first-order chi connectivity index (χ1) is 5.66. The standard InChI is InChI=1S/C9H15NO2/c1-3-4-5-6-9(12)10-7-8(2)11/h3-6,8,11H,7H2,1-2H3,(H,10,12)/b4-3+,6-5+. The minimum Gasteiger partial charge on any atom is -0.392 e. The average molecular weight is 169 g/mol. The molecule has 0 spiro atoms. The summed E-state index contributed by atoms with van der Waals surface area (Å²) in [7, 11) is 0. The summed E-state index contributed by atoms with van der Waals surface area (Å²) in [5.41, 5.74) is 0. The van der Waals surface area contributed by atoms with E-state index in [2.05, 4.69) is 5.32 Å². The van der Waals surface area contributed by atoms with Crippen LogP contribution in [0.5, 0.6) is 0 Å².